The zero-order chi connectivity index (χ0) is 21.5. The van der Waals surface area contributed by atoms with Crippen molar-refractivity contribution in [1.29, 1.82) is 0 Å². The maximum absolute atomic E-state index is 13.1. The Morgan fingerprint density at radius 3 is 2.67 bits per heavy atom. The Bertz CT molecular complexity index is 1050. The van der Waals surface area contributed by atoms with E-state index in [1.807, 2.05) is 0 Å². The number of halogens is 2. The van der Waals surface area contributed by atoms with E-state index in [2.05, 4.69) is 15.7 Å². The second kappa shape index (κ2) is 9.45. The number of carbonyl (C=O) groups is 3. The highest BCUT2D eigenvalue weighted by Crippen LogP contribution is 2.13. The van der Waals surface area contributed by atoms with Crippen molar-refractivity contribution in [2.45, 2.75) is 6.54 Å². The van der Waals surface area contributed by atoms with Gasteiger partial charge in [-0.05, 0) is 30.3 Å². The summed E-state index contributed by atoms with van der Waals surface area (Å²) in [4.78, 5) is 35.4. The Balaban J connectivity index is 1.39. The van der Waals surface area contributed by atoms with Gasteiger partial charge >= 0.3 is 5.97 Å². The average molecular weight is 418 g/mol. The van der Waals surface area contributed by atoms with Gasteiger partial charge in [-0.25, -0.2) is 13.6 Å². The number of amides is 2. The molecule has 30 heavy (non-hydrogen) atoms. The van der Waals surface area contributed by atoms with E-state index in [0.717, 1.165) is 12.1 Å². The Morgan fingerprint density at radius 2 is 1.93 bits per heavy atom. The highest BCUT2D eigenvalue weighted by atomic mass is 19.2. The van der Waals surface area contributed by atoms with Crippen LogP contribution in [0.5, 0.6) is 0 Å². The molecule has 0 unspecified atom stereocenters. The number of hydrogen-bond donors (Lipinski definition) is 2. The molecule has 11 heteroatoms. The number of furan rings is 1. The number of rotatable bonds is 8. The van der Waals surface area contributed by atoms with Crippen molar-refractivity contribution in [3.63, 3.8) is 0 Å². The average Bonchev–Trinajstić information content (AvgIpc) is 3.40. The second-order valence-corrected chi connectivity index (χ2v) is 6.00. The minimum atomic E-state index is -1.12. The molecule has 0 spiro atoms. The number of aromatic nitrogens is 2. The van der Waals surface area contributed by atoms with Crippen molar-refractivity contribution in [2.24, 2.45) is 0 Å². The van der Waals surface area contributed by atoms with E-state index in [1.165, 1.54) is 12.1 Å². The highest BCUT2D eigenvalue weighted by molar-refractivity contribution is 5.95. The molecule has 0 radical (unpaired) electrons. The molecule has 0 saturated heterocycles. The summed E-state index contributed by atoms with van der Waals surface area (Å²) in [7, 11) is 0. The molecule has 2 aromatic heterocycles. The Kier molecular flexibility index (Phi) is 6.53. The van der Waals surface area contributed by atoms with Crippen molar-refractivity contribution in [3.05, 3.63) is 71.9 Å². The lowest BCUT2D eigenvalue weighted by Gasteiger charge is -2.07. The fraction of sp³-hybridized carbons (Fsp3) is 0.158. The molecule has 2 heterocycles. The standard InChI is InChI=1S/C19H16F2N4O5/c20-14-4-2-12(8-15(14)21)24-17(26)9-22-18(27)11-29-19(28)16-5-3-13(30-16)10-25-7-1-6-23-25/h1-8H,9-11H2,(H,22,27)(H,24,26). The van der Waals surface area contributed by atoms with Crippen molar-refractivity contribution in [2.75, 3.05) is 18.5 Å². The summed E-state index contributed by atoms with van der Waals surface area (Å²) < 4.78 is 37.7. The van der Waals surface area contributed by atoms with Gasteiger partial charge in [0.25, 0.3) is 5.91 Å². The van der Waals surface area contributed by atoms with E-state index in [0.29, 0.717) is 12.3 Å². The normalized spacial score (nSPS) is 10.5. The highest BCUT2D eigenvalue weighted by Gasteiger charge is 2.15. The van der Waals surface area contributed by atoms with Crippen LogP contribution in [0.25, 0.3) is 0 Å². The third-order valence-corrected chi connectivity index (χ3v) is 3.72. The van der Waals surface area contributed by atoms with Crippen molar-refractivity contribution >= 4 is 23.5 Å². The Morgan fingerprint density at radius 1 is 1.10 bits per heavy atom. The maximum Gasteiger partial charge on any atom is 0.374 e. The summed E-state index contributed by atoms with van der Waals surface area (Å²) in [5, 5.41) is 8.53. The van der Waals surface area contributed by atoms with E-state index in [-0.39, 0.29) is 11.4 Å². The fourth-order valence-corrected chi connectivity index (χ4v) is 2.34. The number of hydrogen-bond acceptors (Lipinski definition) is 6. The molecule has 2 N–H and O–H groups in total. The molecule has 3 aromatic rings. The van der Waals surface area contributed by atoms with E-state index < -0.39 is 42.6 Å². The summed E-state index contributed by atoms with van der Waals surface area (Å²) in [5.41, 5.74) is 0.0308. The van der Waals surface area contributed by atoms with Crippen LogP contribution in [0.1, 0.15) is 16.3 Å². The Hall–Kier alpha value is -4.02. The molecular weight excluding hydrogens is 402 g/mol. The fourth-order valence-electron chi connectivity index (χ4n) is 2.34. The number of benzene rings is 1. The van der Waals surface area contributed by atoms with Crippen LogP contribution in [0.15, 0.2) is 53.2 Å². The first kappa shape index (κ1) is 20.7. The van der Waals surface area contributed by atoms with Crippen LogP contribution < -0.4 is 10.6 Å². The van der Waals surface area contributed by atoms with Crippen molar-refractivity contribution in [1.82, 2.24) is 15.1 Å². The third kappa shape index (κ3) is 5.74. The van der Waals surface area contributed by atoms with Gasteiger partial charge in [0.05, 0.1) is 13.1 Å². The molecule has 0 bridgehead atoms. The third-order valence-electron chi connectivity index (χ3n) is 3.72. The van der Waals surface area contributed by atoms with Crippen LogP contribution in [-0.4, -0.2) is 40.7 Å². The quantitative estimate of drug-likeness (QED) is 0.538. The summed E-state index contributed by atoms with van der Waals surface area (Å²) >= 11 is 0. The number of nitrogens with zero attached hydrogens (tertiary/aromatic N) is 2. The van der Waals surface area contributed by atoms with Gasteiger partial charge in [-0.15, -0.1) is 0 Å². The molecule has 0 atom stereocenters. The molecule has 0 aliphatic heterocycles. The zero-order valence-corrected chi connectivity index (χ0v) is 15.4. The lowest BCUT2D eigenvalue weighted by molar-refractivity contribution is -0.126. The van der Waals surface area contributed by atoms with E-state index in [9.17, 15) is 23.2 Å². The van der Waals surface area contributed by atoms with Gasteiger partial charge in [0.2, 0.25) is 11.7 Å². The van der Waals surface area contributed by atoms with Gasteiger partial charge < -0.3 is 19.8 Å². The number of nitrogens with one attached hydrogen (secondary N) is 2. The number of esters is 1. The molecule has 0 aliphatic rings. The monoisotopic (exact) mass is 418 g/mol. The molecule has 0 fully saturated rings. The summed E-state index contributed by atoms with van der Waals surface area (Å²) in [6.07, 6.45) is 3.34. The SMILES string of the molecule is O=C(COC(=O)c1ccc(Cn2cccn2)o1)NCC(=O)Nc1ccc(F)c(F)c1. The zero-order valence-electron chi connectivity index (χ0n) is 15.4. The van der Waals surface area contributed by atoms with Crippen LogP contribution in [0, 0.1) is 11.6 Å². The first-order chi connectivity index (χ1) is 14.4. The molecule has 0 saturated carbocycles. The van der Waals surface area contributed by atoms with Gasteiger partial charge in [0.1, 0.15) is 5.76 Å². The predicted molar refractivity (Wildman–Crippen MR) is 98.3 cm³/mol. The van der Waals surface area contributed by atoms with E-state index >= 15 is 0 Å². The minimum Gasteiger partial charge on any atom is -0.452 e. The van der Waals surface area contributed by atoms with Crippen LogP contribution in [0.4, 0.5) is 14.5 Å². The van der Waals surface area contributed by atoms with Crippen LogP contribution in [-0.2, 0) is 20.9 Å². The number of anilines is 1. The predicted octanol–water partition coefficient (Wildman–Crippen LogP) is 1.71. The smallest absolute Gasteiger partial charge is 0.374 e. The molecule has 9 nitrogen and oxygen atoms in total. The molecule has 156 valence electrons. The molecule has 0 aliphatic carbocycles. The Labute approximate surface area is 168 Å². The lowest BCUT2D eigenvalue weighted by Crippen LogP contribution is -2.35. The van der Waals surface area contributed by atoms with Crippen LogP contribution >= 0.6 is 0 Å². The minimum absolute atomic E-state index is 0.0308. The van der Waals surface area contributed by atoms with Gasteiger partial charge in [-0.1, -0.05) is 0 Å². The molecule has 1 aromatic carbocycles. The first-order valence-electron chi connectivity index (χ1n) is 8.65. The molecule has 3 rings (SSSR count). The van der Waals surface area contributed by atoms with Gasteiger partial charge in [-0.2, -0.15) is 5.10 Å². The largest absolute Gasteiger partial charge is 0.452 e. The van der Waals surface area contributed by atoms with Gasteiger partial charge in [0.15, 0.2) is 18.2 Å². The molecular formula is C19H16F2N4O5. The summed E-state index contributed by atoms with van der Waals surface area (Å²) in [6, 6.07) is 7.58. The maximum atomic E-state index is 13.1. The summed E-state index contributed by atoms with van der Waals surface area (Å²) in [5.74, 6) is -4.02. The molecule has 2 amide bonds. The van der Waals surface area contributed by atoms with Gasteiger partial charge in [0, 0.05) is 24.1 Å². The van der Waals surface area contributed by atoms with Gasteiger partial charge in [-0.3, -0.25) is 14.3 Å². The number of ether oxygens (including phenoxy) is 1. The first-order valence-corrected chi connectivity index (χ1v) is 8.65. The number of carbonyl (C=O) groups excluding carboxylic acids is 3. The summed E-state index contributed by atoms with van der Waals surface area (Å²) in [6.45, 7) is -0.759. The van der Waals surface area contributed by atoms with Crippen molar-refractivity contribution in [3.8, 4) is 0 Å². The van der Waals surface area contributed by atoms with E-state index in [1.54, 1.807) is 29.2 Å². The van der Waals surface area contributed by atoms with Crippen LogP contribution in [0.3, 0.4) is 0 Å². The van der Waals surface area contributed by atoms with Crippen LogP contribution in [0.2, 0.25) is 0 Å². The lowest BCUT2D eigenvalue weighted by atomic mass is 10.3. The van der Waals surface area contributed by atoms with E-state index in [4.69, 9.17) is 9.15 Å². The topological polar surface area (TPSA) is 115 Å². The second-order valence-electron chi connectivity index (χ2n) is 6.00. The van der Waals surface area contributed by atoms with Crippen molar-refractivity contribution < 1.29 is 32.3 Å².